The highest BCUT2D eigenvalue weighted by molar-refractivity contribution is 7.99. The smallest absolute Gasteiger partial charge is 0.251 e. The van der Waals surface area contributed by atoms with Crippen molar-refractivity contribution in [2.24, 2.45) is 0 Å². The molecule has 0 bridgehead atoms. The van der Waals surface area contributed by atoms with E-state index in [2.05, 4.69) is 33.5 Å². The largest absolute Gasteiger partial charge is 0.497 e. The summed E-state index contributed by atoms with van der Waals surface area (Å²) < 4.78 is 6.93. The standard InChI is InChI=1S/C25H26N6O3S2/c1-3-12-31-21(14-27-23(33)16-8-10-17(34-2)11-9-16)29-30-25(31)35-15-22(32)28-24-19(13-26)18-6-4-5-7-20(18)36-24/h3,8-11H,1,4-7,12,14-15H2,2H3,(H,27,33)(H,28,32). The number of methoxy groups -OCH3 is 1. The van der Waals surface area contributed by atoms with Gasteiger partial charge in [-0.1, -0.05) is 17.8 Å². The number of allylic oxidation sites excluding steroid dienone is 1. The summed E-state index contributed by atoms with van der Waals surface area (Å²) in [4.78, 5) is 26.4. The number of nitrogens with zero attached hydrogens (tertiary/aromatic N) is 4. The van der Waals surface area contributed by atoms with Crippen LogP contribution in [0.15, 0.2) is 42.1 Å². The number of rotatable bonds is 10. The summed E-state index contributed by atoms with van der Waals surface area (Å²) in [6, 6.07) is 9.08. The molecule has 0 unspecified atom stereocenters. The molecule has 2 amide bonds. The lowest BCUT2D eigenvalue weighted by Crippen LogP contribution is -2.24. The Bertz CT molecular complexity index is 1310. The Labute approximate surface area is 217 Å². The van der Waals surface area contributed by atoms with E-state index in [1.165, 1.54) is 28.0 Å². The zero-order valence-electron chi connectivity index (χ0n) is 19.9. The number of aryl methyl sites for hydroxylation is 1. The predicted molar refractivity (Wildman–Crippen MR) is 139 cm³/mol. The first-order valence-electron chi connectivity index (χ1n) is 11.5. The Balaban J connectivity index is 1.37. The topological polar surface area (TPSA) is 122 Å². The lowest BCUT2D eigenvalue weighted by Gasteiger charge is -2.09. The number of anilines is 1. The summed E-state index contributed by atoms with van der Waals surface area (Å²) in [6.45, 7) is 4.39. The van der Waals surface area contributed by atoms with Crippen LogP contribution >= 0.6 is 23.1 Å². The summed E-state index contributed by atoms with van der Waals surface area (Å²) in [5.74, 6) is 0.882. The van der Waals surface area contributed by atoms with E-state index in [-0.39, 0.29) is 24.1 Å². The minimum atomic E-state index is -0.244. The van der Waals surface area contributed by atoms with E-state index in [1.54, 1.807) is 37.5 Å². The van der Waals surface area contributed by atoms with Crippen LogP contribution < -0.4 is 15.4 Å². The molecule has 36 heavy (non-hydrogen) atoms. The van der Waals surface area contributed by atoms with Crippen molar-refractivity contribution in [2.45, 2.75) is 43.9 Å². The fraction of sp³-hybridized carbons (Fsp3) is 0.320. The number of carbonyl (C=O) groups is 2. The first-order valence-corrected chi connectivity index (χ1v) is 13.3. The fourth-order valence-electron chi connectivity index (χ4n) is 3.94. The number of thiophene rings is 1. The minimum Gasteiger partial charge on any atom is -0.497 e. The third-order valence-electron chi connectivity index (χ3n) is 5.73. The van der Waals surface area contributed by atoms with Gasteiger partial charge in [-0.15, -0.1) is 28.1 Å². The highest BCUT2D eigenvalue weighted by Crippen LogP contribution is 2.37. The Morgan fingerprint density at radius 3 is 2.78 bits per heavy atom. The van der Waals surface area contributed by atoms with Crippen LogP contribution in [0.25, 0.3) is 0 Å². The van der Waals surface area contributed by atoms with Crippen molar-refractivity contribution >= 4 is 39.9 Å². The van der Waals surface area contributed by atoms with E-state index >= 15 is 0 Å². The van der Waals surface area contributed by atoms with E-state index in [0.717, 1.165) is 31.2 Å². The van der Waals surface area contributed by atoms with Crippen molar-refractivity contribution in [3.8, 4) is 11.8 Å². The molecule has 0 saturated carbocycles. The number of hydrogen-bond acceptors (Lipinski definition) is 8. The van der Waals surface area contributed by atoms with Crippen molar-refractivity contribution in [2.75, 3.05) is 18.2 Å². The van der Waals surface area contributed by atoms with Crippen LogP contribution in [0.4, 0.5) is 5.00 Å². The van der Waals surface area contributed by atoms with Crippen molar-refractivity contribution in [1.29, 1.82) is 5.26 Å². The molecule has 2 heterocycles. The zero-order chi connectivity index (χ0) is 25.5. The van der Waals surface area contributed by atoms with E-state index in [1.807, 2.05) is 4.57 Å². The SMILES string of the molecule is C=CCn1c(CNC(=O)c2ccc(OC)cc2)nnc1SCC(=O)Nc1sc2c(c1C#N)CCCC2. The number of nitrogens with one attached hydrogen (secondary N) is 2. The number of amides is 2. The molecule has 0 fully saturated rings. The Morgan fingerprint density at radius 2 is 2.06 bits per heavy atom. The van der Waals surface area contributed by atoms with Gasteiger partial charge in [0.2, 0.25) is 5.91 Å². The van der Waals surface area contributed by atoms with Gasteiger partial charge in [-0.2, -0.15) is 5.26 Å². The van der Waals surface area contributed by atoms with Crippen molar-refractivity contribution in [1.82, 2.24) is 20.1 Å². The number of benzene rings is 1. The number of nitriles is 1. The molecule has 1 aliphatic rings. The average Bonchev–Trinajstić information content (AvgIpc) is 3.46. The van der Waals surface area contributed by atoms with Crippen LogP contribution in [0.5, 0.6) is 5.75 Å². The van der Waals surface area contributed by atoms with Crippen LogP contribution in [0.3, 0.4) is 0 Å². The van der Waals surface area contributed by atoms with Crippen LogP contribution in [0, 0.1) is 11.3 Å². The number of hydrogen-bond donors (Lipinski definition) is 2. The fourth-order valence-corrected chi connectivity index (χ4v) is 5.96. The Kier molecular flexibility index (Phi) is 8.40. The molecule has 0 aliphatic heterocycles. The normalized spacial score (nSPS) is 12.3. The van der Waals surface area contributed by atoms with E-state index in [9.17, 15) is 14.9 Å². The summed E-state index contributed by atoms with van der Waals surface area (Å²) >= 11 is 2.75. The number of fused-ring (bicyclic) bond motifs is 1. The zero-order valence-corrected chi connectivity index (χ0v) is 21.5. The summed E-state index contributed by atoms with van der Waals surface area (Å²) in [6.07, 6.45) is 5.74. The second kappa shape index (κ2) is 11.9. The molecule has 3 aromatic rings. The number of ether oxygens (including phenoxy) is 1. The maximum Gasteiger partial charge on any atom is 0.251 e. The predicted octanol–water partition coefficient (Wildman–Crippen LogP) is 3.95. The van der Waals surface area contributed by atoms with E-state index in [4.69, 9.17) is 4.74 Å². The van der Waals surface area contributed by atoms with Gasteiger partial charge >= 0.3 is 0 Å². The second-order valence-electron chi connectivity index (χ2n) is 8.07. The molecular weight excluding hydrogens is 496 g/mol. The quantitative estimate of drug-likeness (QED) is 0.305. The molecule has 0 atom stereocenters. The molecule has 9 nitrogen and oxygen atoms in total. The van der Waals surface area contributed by atoms with Gasteiger partial charge in [0.1, 0.15) is 16.8 Å². The summed E-state index contributed by atoms with van der Waals surface area (Å²) in [5.41, 5.74) is 2.19. The molecule has 2 aromatic heterocycles. The van der Waals surface area contributed by atoms with Gasteiger partial charge in [-0.05, 0) is 55.5 Å². The molecule has 1 aromatic carbocycles. The molecule has 11 heteroatoms. The summed E-state index contributed by atoms with van der Waals surface area (Å²) in [5, 5.41) is 24.9. The lowest BCUT2D eigenvalue weighted by molar-refractivity contribution is -0.113. The van der Waals surface area contributed by atoms with Gasteiger partial charge in [0.25, 0.3) is 5.91 Å². The molecular formula is C25H26N6O3S2. The van der Waals surface area contributed by atoms with Crippen molar-refractivity contribution < 1.29 is 14.3 Å². The third-order valence-corrected chi connectivity index (χ3v) is 7.91. The number of carbonyl (C=O) groups excluding carboxylic acids is 2. The third kappa shape index (κ3) is 5.78. The highest BCUT2D eigenvalue weighted by atomic mass is 32.2. The maximum atomic E-state index is 12.7. The van der Waals surface area contributed by atoms with Crippen LogP contribution in [0.2, 0.25) is 0 Å². The minimum absolute atomic E-state index is 0.112. The first-order chi connectivity index (χ1) is 17.5. The van der Waals surface area contributed by atoms with Crippen LogP contribution in [-0.4, -0.2) is 39.4 Å². The maximum absolute atomic E-state index is 12.7. The van der Waals surface area contributed by atoms with Crippen LogP contribution in [-0.2, 0) is 30.7 Å². The van der Waals surface area contributed by atoms with Gasteiger partial charge in [-0.3, -0.25) is 9.59 Å². The van der Waals surface area contributed by atoms with Gasteiger partial charge in [-0.25, -0.2) is 0 Å². The van der Waals surface area contributed by atoms with E-state index < -0.39 is 0 Å². The summed E-state index contributed by atoms with van der Waals surface area (Å²) in [7, 11) is 1.57. The van der Waals surface area contributed by atoms with Crippen LogP contribution in [0.1, 0.15) is 45.0 Å². The van der Waals surface area contributed by atoms with Gasteiger partial charge < -0.3 is 19.9 Å². The Morgan fingerprint density at radius 1 is 1.28 bits per heavy atom. The monoisotopic (exact) mass is 522 g/mol. The average molecular weight is 523 g/mol. The van der Waals surface area contributed by atoms with Crippen molar-refractivity contribution in [3.63, 3.8) is 0 Å². The molecule has 186 valence electrons. The second-order valence-corrected chi connectivity index (χ2v) is 10.1. The number of aromatic nitrogens is 3. The molecule has 0 saturated heterocycles. The van der Waals surface area contributed by atoms with Gasteiger partial charge in [0.05, 0.1) is 25.0 Å². The molecule has 1 aliphatic carbocycles. The van der Waals surface area contributed by atoms with Crippen molar-refractivity contribution in [3.05, 3.63) is 64.3 Å². The highest BCUT2D eigenvalue weighted by Gasteiger charge is 2.22. The van der Waals surface area contributed by atoms with Gasteiger partial charge in [0, 0.05) is 17.0 Å². The molecule has 4 rings (SSSR count). The molecule has 0 spiro atoms. The first kappa shape index (κ1) is 25.5. The Hall–Kier alpha value is -3.62. The molecule has 0 radical (unpaired) electrons. The van der Waals surface area contributed by atoms with E-state index in [0.29, 0.717) is 39.4 Å². The molecule has 2 N–H and O–H groups in total. The number of thioether (sulfide) groups is 1. The van der Waals surface area contributed by atoms with Gasteiger partial charge in [0.15, 0.2) is 11.0 Å². The lowest BCUT2D eigenvalue weighted by atomic mass is 9.96.